The summed E-state index contributed by atoms with van der Waals surface area (Å²) in [6.45, 7) is 5.84. The highest BCUT2D eigenvalue weighted by Gasteiger charge is 2.35. The summed E-state index contributed by atoms with van der Waals surface area (Å²) in [5.74, 6) is -0.463. The Hall–Kier alpha value is -1.92. The molecule has 1 aliphatic heterocycles. The Balaban J connectivity index is 1.81. The number of ether oxygens (including phenoxy) is 1. The first-order valence-electron chi connectivity index (χ1n) is 8.23. The maximum atomic E-state index is 13.4. The van der Waals surface area contributed by atoms with E-state index in [0.29, 0.717) is 11.7 Å². The number of nitrogens with zero attached hydrogens (tertiary/aromatic N) is 2. The molecule has 5 nitrogen and oxygen atoms in total. The molecule has 2 aromatic rings. The number of likely N-dealkylation sites (tertiary alicyclic amines) is 1. The smallest absolute Gasteiger partial charge is 0.268 e. The molecule has 2 atom stereocenters. The van der Waals surface area contributed by atoms with Gasteiger partial charge < -0.3 is 14.6 Å². The second-order valence-corrected chi connectivity index (χ2v) is 6.69. The number of hydrogen-bond donors (Lipinski definition) is 1. The highest BCUT2D eigenvalue weighted by atomic mass is 19.1. The number of amides is 1. The molecule has 1 aromatic carbocycles. The van der Waals surface area contributed by atoms with Gasteiger partial charge in [0.05, 0.1) is 12.1 Å². The molecule has 1 aromatic heterocycles. The number of aryl methyl sites for hydroxylation is 1. The zero-order valence-corrected chi connectivity index (χ0v) is 14.5. The molecule has 0 radical (unpaired) electrons. The summed E-state index contributed by atoms with van der Waals surface area (Å²) in [7, 11) is 3.49. The van der Waals surface area contributed by atoms with Crippen LogP contribution in [0.3, 0.4) is 0 Å². The van der Waals surface area contributed by atoms with Gasteiger partial charge in [0.2, 0.25) is 0 Å². The molecule has 3 rings (SSSR count). The van der Waals surface area contributed by atoms with Gasteiger partial charge in [0.15, 0.2) is 0 Å². The van der Waals surface area contributed by atoms with Gasteiger partial charge in [0, 0.05) is 44.2 Å². The summed E-state index contributed by atoms with van der Waals surface area (Å²) >= 11 is 0. The Labute approximate surface area is 141 Å². The van der Waals surface area contributed by atoms with Gasteiger partial charge in [-0.3, -0.25) is 9.69 Å². The van der Waals surface area contributed by atoms with Crippen molar-refractivity contribution >= 4 is 16.8 Å². The first-order chi connectivity index (χ1) is 11.4. The number of carbonyl (C=O) groups is 1. The zero-order valence-electron chi connectivity index (χ0n) is 14.5. The topological polar surface area (TPSA) is 46.5 Å². The zero-order chi connectivity index (χ0) is 17.4. The van der Waals surface area contributed by atoms with Gasteiger partial charge >= 0.3 is 0 Å². The number of fused-ring (bicyclic) bond motifs is 1. The van der Waals surface area contributed by atoms with Crippen molar-refractivity contribution in [3.05, 3.63) is 35.8 Å². The second kappa shape index (κ2) is 6.53. The van der Waals surface area contributed by atoms with Gasteiger partial charge in [-0.05, 0) is 38.1 Å². The second-order valence-electron chi connectivity index (χ2n) is 6.69. The highest BCUT2D eigenvalue weighted by molar-refractivity contribution is 5.98. The summed E-state index contributed by atoms with van der Waals surface area (Å²) < 4.78 is 20.7. The molecule has 1 aliphatic rings. The van der Waals surface area contributed by atoms with Crippen molar-refractivity contribution in [1.29, 1.82) is 0 Å². The summed E-state index contributed by atoms with van der Waals surface area (Å²) in [6, 6.07) is 6.62. The van der Waals surface area contributed by atoms with E-state index >= 15 is 0 Å². The Morgan fingerprint density at radius 1 is 1.33 bits per heavy atom. The quantitative estimate of drug-likeness (QED) is 0.933. The standard InChI is InChI=1S/C18H24FN3O2/c1-11(2)22-9-14(17(10-22)24-4)20-18(23)16-8-12-7-13(19)5-6-15(12)21(16)3/h5-8,11,14,17H,9-10H2,1-4H3,(H,20,23)/t14-,17-/m1/s1. The normalized spacial score (nSPS) is 21.8. The van der Waals surface area contributed by atoms with E-state index in [-0.39, 0.29) is 23.9 Å². The largest absolute Gasteiger partial charge is 0.378 e. The lowest BCUT2D eigenvalue weighted by Gasteiger charge is -2.20. The van der Waals surface area contributed by atoms with Crippen LogP contribution in [-0.4, -0.2) is 53.8 Å². The van der Waals surface area contributed by atoms with E-state index in [1.807, 2.05) is 7.05 Å². The number of hydrogen-bond acceptors (Lipinski definition) is 3. The lowest BCUT2D eigenvalue weighted by molar-refractivity contribution is 0.0748. The van der Waals surface area contributed by atoms with E-state index < -0.39 is 0 Å². The number of nitrogens with one attached hydrogen (secondary N) is 1. The third-order valence-electron chi connectivity index (χ3n) is 4.88. The van der Waals surface area contributed by atoms with Crippen molar-refractivity contribution in [1.82, 2.24) is 14.8 Å². The Bertz CT molecular complexity index is 756. The van der Waals surface area contributed by atoms with Crippen molar-refractivity contribution in [3.63, 3.8) is 0 Å². The molecular weight excluding hydrogens is 309 g/mol. The van der Waals surface area contributed by atoms with Crippen molar-refractivity contribution < 1.29 is 13.9 Å². The van der Waals surface area contributed by atoms with Crippen LogP contribution in [0, 0.1) is 5.82 Å². The van der Waals surface area contributed by atoms with E-state index in [4.69, 9.17) is 4.74 Å². The van der Waals surface area contributed by atoms with Gasteiger partial charge in [-0.1, -0.05) is 0 Å². The molecule has 0 bridgehead atoms. The maximum Gasteiger partial charge on any atom is 0.268 e. The Morgan fingerprint density at radius 2 is 2.08 bits per heavy atom. The van der Waals surface area contributed by atoms with Crippen LogP contribution in [0.1, 0.15) is 24.3 Å². The van der Waals surface area contributed by atoms with Crippen LogP contribution in [0.15, 0.2) is 24.3 Å². The fourth-order valence-corrected chi connectivity index (χ4v) is 3.38. The van der Waals surface area contributed by atoms with Crippen molar-refractivity contribution in [2.75, 3.05) is 20.2 Å². The van der Waals surface area contributed by atoms with Crippen LogP contribution in [0.25, 0.3) is 10.9 Å². The van der Waals surface area contributed by atoms with Gasteiger partial charge in [-0.25, -0.2) is 4.39 Å². The minimum absolute atomic E-state index is 0.0246. The minimum atomic E-state index is -0.303. The molecule has 1 fully saturated rings. The highest BCUT2D eigenvalue weighted by Crippen LogP contribution is 2.21. The number of carbonyl (C=O) groups excluding carboxylic acids is 1. The molecule has 0 aliphatic carbocycles. The van der Waals surface area contributed by atoms with E-state index in [1.54, 1.807) is 23.8 Å². The van der Waals surface area contributed by atoms with Gasteiger partial charge in [0.1, 0.15) is 11.5 Å². The van der Waals surface area contributed by atoms with E-state index in [0.717, 1.165) is 24.0 Å². The number of benzene rings is 1. The third kappa shape index (κ3) is 3.03. The SMILES string of the molecule is CO[C@@H]1CN(C(C)C)C[C@H]1NC(=O)c1cc2cc(F)ccc2n1C. The molecule has 6 heteroatoms. The first kappa shape index (κ1) is 16.9. The average Bonchev–Trinajstić information content (AvgIpc) is 3.08. The molecule has 130 valence electrons. The van der Waals surface area contributed by atoms with Gasteiger partial charge in [-0.15, -0.1) is 0 Å². The van der Waals surface area contributed by atoms with Crippen LogP contribution in [0.5, 0.6) is 0 Å². The predicted molar refractivity (Wildman–Crippen MR) is 91.6 cm³/mol. The molecule has 0 saturated carbocycles. The van der Waals surface area contributed by atoms with Crippen molar-refractivity contribution in [2.24, 2.45) is 7.05 Å². The fraction of sp³-hybridized carbons (Fsp3) is 0.500. The molecule has 1 N–H and O–H groups in total. The first-order valence-corrected chi connectivity index (χ1v) is 8.23. The number of halogens is 1. The minimum Gasteiger partial charge on any atom is -0.378 e. The molecule has 2 heterocycles. The predicted octanol–water partition coefficient (Wildman–Crippen LogP) is 2.15. The van der Waals surface area contributed by atoms with Crippen LogP contribution >= 0.6 is 0 Å². The number of aromatic nitrogens is 1. The molecular formula is C18H24FN3O2. The van der Waals surface area contributed by atoms with E-state index in [1.165, 1.54) is 12.1 Å². The average molecular weight is 333 g/mol. The summed E-state index contributed by atoms with van der Waals surface area (Å²) in [5.41, 5.74) is 1.36. The number of rotatable bonds is 4. The number of methoxy groups -OCH3 is 1. The monoisotopic (exact) mass is 333 g/mol. The van der Waals surface area contributed by atoms with Gasteiger partial charge in [-0.2, -0.15) is 0 Å². The lowest BCUT2D eigenvalue weighted by Crippen LogP contribution is -2.44. The molecule has 0 unspecified atom stereocenters. The van der Waals surface area contributed by atoms with Crippen LogP contribution in [0.2, 0.25) is 0 Å². The van der Waals surface area contributed by atoms with Crippen LogP contribution < -0.4 is 5.32 Å². The van der Waals surface area contributed by atoms with E-state index in [9.17, 15) is 9.18 Å². The maximum absolute atomic E-state index is 13.4. The molecule has 1 saturated heterocycles. The summed E-state index contributed by atoms with van der Waals surface area (Å²) in [4.78, 5) is 15.0. The van der Waals surface area contributed by atoms with Crippen LogP contribution in [0.4, 0.5) is 4.39 Å². The van der Waals surface area contributed by atoms with Crippen LogP contribution in [-0.2, 0) is 11.8 Å². The molecule has 1 amide bonds. The molecule has 0 spiro atoms. The van der Waals surface area contributed by atoms with Gasteiger partial charge in [0.25, 0.3) is 5.91 Å². The molecule has 24 heavy (non-hydrogen) atoms. The third-order valence-corrected chi connectivity index (χ3v) is 4.88. The Morgan fingerprint density at radius 3 is 2.75 bits per heavy atom. The van der Waals surface area contributed by atoms with E-state index in [2.05, 4.69) is 24.1 Å². The Kier molecular flexibility index (Phi) is 4.60. The fourth-order valence-electron chi connectivity index (χ4n) is 3.38. The summed E-state index contributed by atoms with van der Waals surface area (Å²) in [5, 5.41) is 3.80. The lowest BCUT2D eigenvalue weighted by atomic mass is 10.2. The summed E-state index contributed by atoms with van der Waals surface area (Å²) in [6.07, 6.45) is -0.0246. The van der Waals surface area contributed by atoms with Crippen molar-refractivity contribution in [2.45, 2.75) is 32.0 Å². The van der Waals surface area contributed by atoms with Crippen molar-refractivity contribution in [3.8, 4) is 0 Å².